The normalized spacial score (nSPS) is 70.2. The Morgan fingerprint density at radius 3 is 1.30 bits per heavy atom. The van der Waals surface area contributed by atoms with Crippen LogP contribution in [0.5, 0.6) is 0 Å². The standard InChI is InChI=1S/C10H16/c1-7-5-9(7)3-4-10(9)6-8(10)2/h7-8H,3-6H2,1-2H3. The zero-order valence-electron chi connectivity index (χ0n) is 6.98. The van der Waals surface area contributed by atoms with Crippen LogP contribution in [0.15, 0.2) is 0 Å². The second kappa shape index (κ2) is 1.19. The Morgan fingerprint density at radius 1 is 0.900 bits per heavy atom. The lowest BCUT2D eigenvalue weighted by Gasteiger charge is -2.40. The van der Waals surface area contributed by atoms with Crippen molar-refractivity contribution in [1.82, 2.24) is 0 Å². The fourth-order valence-corrected chi connectivity index (χ4v) is 3.83. The van der Waals surface area contributed by atoms with Crippen LogP contribution >= 0.6 is 0 Å². The van der Waals surface area contributed by atoms with Crippen molar-refractivity contribution in [3.8, 4) is 0 Å². The van der Waals surface area contributed by atoms with Gasteiger partial charge in [0.15, 0.2) is 0 Å². The van der Waals surface area contributed by atoms with Crippen LogP contribution in [0.25, 0.3) is 0 Å². The van der Waals surface area contributed by atoms with Crippen molar-refractivity contribution >= 4 is 0 Å². The molecule has 0 aliphatic heterocycles. The summed E-state index contributed by atoms with van der Waals surface area (Å²) in [6, 6.07) is 0. The Bertz CT molecular complexity index is 166. The van der Waals surface area contributed by atoms with E-state index in [9.17, 15) is 0 Å². The molecule has 0 N–H and O–H groups in total. The van der Waals surface area contributed by atoms with Crippen molar-refractivity contribution in [2.24, 2.45) is 22.7 Å². The van der Waals surface area contributed by atoms with E-state index in [4.69, 9.17) is 0 Å². The van der Waals surface area contributed by atoms with E-state index in [1.54, 1.807) is 25.7 Å². The Morgan fingerprint density at radius 2 is 1.20 bits per heavy atom. The molecular formula is C10H16. The third-order valence-corrected chi connectivity index (χ3v) is 4.92. The molecule has 0 nitrogen and oxygen atoms in total. The molecule has 3 aliphatic carbocycles. The molecule has 3 fully saturated rings. The van der Waals surface area contributed by atoms with Gasteiger partial charge in [0.1, 0.15) is 0 Å². The van der Waals surface area contributed by atoms with Crippen LogP contribution in [-0.2, 0) is 0 Å². The van der Waals surface area contributed by atoms with Crippen molar-refractivity contribution in [2.45, 2.75) is 39.5 Å². The molecule has 0 aromatic heterocycles. The summed E-state index contributed by atoms with van der Waals surface area (Å²) in [6.45, 7) is 4.90. The first-order chi connectivity index (χ1) is 4.71. The molecular weight excluding hydrogens is 120 g/mol. The fraction of sp³-hybridized carbons (Fsp3) is 1.00. The van der Waals surface area contributed by atoms with Crippen molar-refractivity contribution < 1.29 is 0 Å². The van der Waals surface area contributed by atoms with Crippen molar-refractivity contribution in [3.63, 3.8) is 0 Å². The monoisotopic (exact) mass is 136 g/mol. The first kappa shape index (κ1) is 5.62. The van der Waals surface area contributed by atoms with Gasteiger partial charge in [-0.3, -0.25) is 0 Å². The van der Waals surface area contributed by atoms with Gasteiger partial charge < -0.3 is 0 Å². The second-order valence-corrected chi connectivity index (χ2v) is 5.02. The zero-order chi connectivity index (χ0) is 6.98. The van der Waals surface area contributed by atoms with Crippen LogP contribution in [0.2, 0.25) is 0 Å². The van der Waals surface area contributed by atoms with Crippen LogP contribution in [0.3, 0.4) is 0 Å². The maximum absolute atomic E-state index is 2.45. The highest BCUT2D eigenvalue weighted by Crippen LogP contribution is 2.85. The summed E-state index contributed by atoms with van der Waals surface area (Å²) >= 11 is 0. The molecule has 0 aromatic rings. The molecule has 56 valence electrons. The highest BCUT2D eigenvalue weighted by Gasteiger charge is 2.77. The predicted octanol–water partition coefficient (Wildman–Crippen LogP) is 2.83. The van der Waals surface area contributed by atoms with Gasteiger partial charge >= 0.3 is 0 Å². The van der Waals surface area contributed by atoms with E-state index < -0.39 is 0 Å². The van der Waals surface area contributed by atoms with Gasteiger partial charge in [0.2, 0.25) is 0 Å². The van der Waals surface area contributed by atoms with Gasteiger partial charge in [0.25, 0.3) is 0 Å². The van der Waals surface area contributed by atoms with Gasteiger partial charge in [0, 0.05) is 0 Å². The number of rotatable bonds is 0. The molecule has 0 amide bonds. The fourth-order valence-electron chi connectivity index (χ4n) is 3.83. The minimum atomic E-state index is 0.909. The second-order valence-electron chi connectivity index (χ2n) is 5.02. The SMILES string of the molecule is CC1CC12CCC21CC1C. The molecule has 3 saturated carbocycles. The maximum atomic E-state index is 2.45. The lowest BCUT2D eigenvalue weighted by Crippen LogP contribution is -2.32. The molecule has 4 atom stereocenters. The summed E-state index contributed by atoms with van der Waals surface area (Å²) in [4.78, 5) is 0. The van der Waals surface area contributed by atoms with Crippen LogP contribution < -0.4 is 0 Å². The molecule has 0 aromatic carbocycles. The van der Waals surface area contributed by atoms with Crippen molar-refractivity contribution in [3.05, 3.63) is 0 Å². The third-order valence-electron chi connectivity index (χ3n) is 4.92. The summed E-state index contributed by atoms with van der Waals surface area (Å²) < 4.78 is 0. The van der Waals surface area contributed by atoms with Crippen molar-refractivity contribution in [2.75, 3.05) is 0 Å². The van der Waals surface area contributed by atoms with E-state index in [0.29, 0.717) is 0 Å². The van der Waals surface area contributed by atoms with E-state index in [-0.39, 0.29) is 0 Å². The molecule has 4 unspecified atom stereocenters. The highest BCUT2D eigenvalue weighted by molar-refractivity contribution is 5.26. The largest absolute Gasteiger partial charge is 0.0619 e. The third kappa shape index (κ3) is 0.339. The number of fused-ring (bicyclic) bond motifs is 1. The molecule has 0 bridgehead atoms. The van der Waals surface area contributed by atoms with Crippen LogP contribution in [0, 0.1) is 22.7 Å². The van der Waals surface area contributed by atoms with Gasteiger partial charge in [-0.25, -0.2) is 0 Å². The van der Waals surface area contributed by atoms with Gasteiger partial charge in [0.05, 0.1) is 0 Å². The molecule has 3 rings (SSSR count). The van der Waals surface area contributed by atoms with E-state index in [1.807, 2.05) is 0 Å². The van der Waals surface area contributed by atoms with Crippen LogP contribution in [0.4, 0.5) is 0 Å². The van der Waals surface area contributed by atoms with E-state index in [0.717, 1.165) is 22.7 Å². The summed E-state index contributed by atoms with van der Waals surface area (Å²) in [5.41, 5.74) is 1.82. The molecule has 0 saturated heterocycles. The summed E-state index contributed by atoms with van der Waals surface area (Å²) in [7, 11) is 0. The molecule has 3 aliphatic rings. The molecule has 10 heavy (non-hydrogen) atoms. The van der Waals surface area contributed by atoms with E-state index in [1.165, 1.54) is 0 Å². The van der Waals surface area contributed by atoms with E-state index in [2.05, 4.69) is 13.8 Å². The zero-order valence-corrected chi connectivity index (χ0v) is 6.98. The summed E-state index contributed by atoms with van der Waals surface area (Å²) in [6.07, 6.45) is 6.27. The highest BCUT2D eigenvalue weighted by atomic mass is 14.8. The summed E-state index contributed by atoms with van der Waals surface area (Å²) in [5.74, 6) is 2.18. The Labute approximate surface area is 63.0 Å². The maximum Gasteiger partial charge on any atom is -0.0209 e. The lowest BCUT2D eigenvalue weighted by molar-refractivity contribution is 0.0882. The first-order valence-electron chi connectivity index (χ1n) is 4.71. The minimum absolute atomic E-state index is 0.909. The summed E-state index contributed by atoms with van der Waals surface area (Å²) in [5, 5.41) is 0. The molecule has 0 heteroatoms. The van der Waals surface area contributed by atoms with Gasteiger partial charge in [-0.15, -0.1) is 0 Å². The topological polar surface area (TPSA) is 0 Å². The van der Waals surface area contributed by atoms with Crippen LogP contribution in [-0.4, -0.2) is 0 Å². The van der Waals surface area contributed by atoms with Crippen LogP contribution in [0.1, 0.15) is 39.5 Å². The van der Waals surface area contributed by atoms with Gasteiger partial charge in [-0.2, -0.15) is 0 Å². The Kier molecular flexibility index (Phi) is 0.669. The molecule has 2 spiro atoms. The smallest absolute Gasteiger partial charge is 0.0209 e. The lowest BCUT2D eigenvalue weighted by atomic mass is 9.64. The average Bonchev–Trinajstić information content (AvgIpc) is 2.67. The minimum Gasteiger partial charge on any atom is -0.0619 e. The number of hydrogen-bond acceptors (Lipinski definition) is 0. The Hall–Kier alpha value is 0. The Balaban J connectivity index is 1.91. The van der Waals surface area contributed by atoms with Gasteiger partial charge in [-0.05, 0) is 48.3 Å². The quantitative estimate of drug-likeness (QED) is 0.480. The van der Waals surface area contributed by atoms with Gasteiger partial charge in [-0.1, -0.05) is 13.8 Å². The molecule has 0 heterocycles. The van der Waals surface area contributed by atoms with Crippen molar-refractivity contribution in [1.29, 1.82) is 0 Å². The van der Waals surface area contributed by atoms with E-state index >= 15 is 0 Å². The number of hydrogen-bond donors (Lipinski definition) is 0. The first-order valence-corrected chi connectivity index (χ1v) is 4.71. The average molecular weight is 136 g/mol. The molecule has 0 radical (unpaired) electrons. The predicted molar refractivity (Wildman–Crippen MR) is 41.7 cm³/mol.